The zero-order chi connectivity index (χ0) is 11.4. The average Bonchev–Trinajstić information content (AvgIpc) is 2.23. The summed E-state index contributed by atoms with van der Waals surface area (Å²) in [5, 5.41) is 6.75. The lowest BCUT2D eigenvalue weighted by atomic mass is 10.6. The van der Waals surface area contributed by atoms with Crippen LogP contribution < -0.4 is 16.6 Å². The molecule has 0 spiro atoms. The number of nitrogens with one attached hydrogen (secondary N) is 1. The molecule has 1 N–H and O–H groups in total. The minimum atomic E-state index is -0.421. The third-order valence-electron chi connectivity index (χ3n) is 1.92. The second-order valence-corrected chi connectivity index (χ2v) is 4.02. The summed E-state index contributed by atoms with van der Waals surface area (Å²) in [7, 11) is 2.95. The van der Waals surface area contributed by atoms with Gasteiger partial charge in [-0.15, -0.1) is 5.10 Å². The van der Waals surface area contributed by atoms with E-state index in [1.807, 2.05) is 6.26 Å². The minimum absolute atomic E-state index is 0.216. The van der Waals surface area contributed by atoms with E-state index in [1.165, 1.54) is 14.1 Å². The largest absolute Gasteiger partial charge is 0.363 e. The number of rotatable bonds is 4. The third kappa shape index (κ3) is 2.62. The van der Waals surface area contributed by atoms with Gasteiger partial charge in [0, 0.05) is 26.4 Å². The second-order valence-electron chi connectivity index (χ2n) is 3.04. The Hall–Kier alpha value is -1.24. The highest BCUT2D eigenvalue weighted by Crippen LogP contribution is 1.93. The molecule has 0 unspecified atom stereocenters. The molecule has 0 aliphatic carbocycles. The Bertz CT molecular complexity index is 451. The average molecular weight is 230 g/mol. The second kappa shape index (κ2) is 5.01. The lowest BCUT2D eigenvalue weighted by Gasteiger charge is -2.06. The van der Waals surface area contributed by atoms with Crippen LogP contribution in [-0.2, 0) is 14.1 Å². The van der Waals surface area contributed by atoms with E-state index in [2.05, 4.69) is 10.4 Å². The van der Waals surface area contributed by atoms with E-state index in [0.717, 1.165) is 15.0 Å². The van der Waals surface area contributed by atoms with Crippen LogP contribution >= 0.6 is 11.8 Å². The van der Waals surface area contributed by atoms with Crippen molar-refractivity contribution in [2.24, 2.45) is 14.1 Å². The number of aryl methyl sites for hydroxylation is 1. The van der Waals surface area contributed by atoms with Gasteiger partial charge in [0.05, 0.1) is 0 Å². The van der Waals surface area contributed by atoms with Crippen LogP contribution in [0.15, 0.2) is 9.59 Å². The van der Waals surface area contributed by atoms with E-state index in [1.54, 1.807) is 11.8 Å². The Labute approximate surface area is 91.3 Å². The molecule has 1 aromatic rings. The van der Waals surface area contributed by atoms with E-state index in [4.69, 9.17) is 0 Å². The predicted molar refractivity (Wildman–Crippen MR) is 61.6 cm³/mol. The van der Waals surface area contributed by atoms with Crippen LogP contribution in [0.4, 0.5) is 5.82 Å². The van der Waals surface area contributed by atoms with Crippen LogP contribution in [0.25, 0.3) is 0 Å². The zero-order valence-electron chi connectivity index (χ0n) is 8.98. The van der Waals surface area contributed by atoms with Crippen molar-refractivity contribution in [2.75, 3.05) is 23.9 Å². The molecular formula is C8H14N4O2S. The fraction of sp³-hybridized carbons (Fsp3) is 0.625. The molecule has 84 valence electrons. The third-order valence-corrected chi connectivity index (χ3v) is 2.53. The molecule has 0 amide bonds. The van der Waals surface area contributed by atoms with Crippen LogP contribution in [0.1, 0.15) is 0 Å². The maximum Gasteiger partial charge on any atom is 0.346 e. The Morgan fingerprint density at radius 2 is 2.07 bits per heavy atom. The summed E-state index contributed by atoms with van der Waals surface area (Å²) in [5.74, 6) is 1.10. The van der Waals surface area contributed by atoms with E-state index < -0.39 is 5.69 Å². The first-order valence-corrected chi connectivity index (χ1v) is 5.84. The van der Waals surface area contributed by atoms with Crippen molar-refractivity contribution in [3.63, 3.8) is 0 Å². The number of hydrogen-bond acceptors (Lipinski definition) is 5. The highest BCUT2D eigenvalue weighted by Gasteiger charge is 2.06. The molecule has 15 heavy (non-hydrogen) atoms. The number of hydrogen-bond donors (Lipinski definition) is 1. The molecule has 0 bridgehead atoms. The van der Waals surface area contributed by atoms with Gasteiger partial charge >= 0.3 is 5.69 Å². The fourth-order valence-electron chi connectivity index (χ4n) is 1.08. The molecule has 0 aromatic carbocycles. The van der Waals surface area contributed by atoms with Gasteiger partial charge < -0.3 is 5.32 Å². The maximum absolute atomic E-state index is 11.6. The lowest BCUT2D eigenvalue weighted by molar-refractivity contribution is 0.605. The minimum Gasteiger partial charge on any atom is -0.363 e. The molecule has 0 radical (unpaired) electrons. The number of anilines is 1. The molecule has 0 aliphatic rings. The van der Waals surface area contributed by atoms with E-state index in [9.17, 15) is 9.59 Å². The molecule has 6 nitrogen and oxygen atoms in total. The first-order valence-electron chi connectivity index (χ1n) is 4.45. The number of aromatic nitrogens is 3. The summed E-state index contributed by atoms with van der Waals surface area (Å²) in [4.78, 5) is 22.9. The molecule has 0 atom stereocenters. The maximum atomic E-state index is 11.6. The van der Waals surface area contributed by atoms with Crippen LogP contribution in [-0.4, -0.2) is 32.9 Å². The van der Waals surface area contributed by atoms with Gasteiger partial charge in [-0.1, -0.05) is 0 Å². The Morgan fingerprint density at radius 3 is 2.67 bits per heavy atom. The van der Waals surface area contributed by atoms with Crippen LogP contribution in [0, 0.1) is 0 Å². The normalized spacial score (nSPS) is 10.3. The van der Waals surface area contributed by atoms with Crippen molar-refractivity contribution >= 4 is 17.6 Å². The molecule has 0 aliphatic heterocycles. The molecule has 1 heterocycles. The summed E-state index contributed by atoms with van der Waals surface area (Å²) in [6.45, 7) is 0.654. The van der Waals surface area contributed by atoms with Gasteiger partial charge in [-0.25, -0.2) is 9.48 Å². The highest BCUT2D eigenvalue weighted by atomic mass is 32.2. The molecule has 0 saturated heterocycles. The van der Waals surface area contributed by atoms with Crippen molar-refractivity contribution in [3.8, 4) is 0 Å². The monoisotopic (exact) mass is 230 g/mol. The van der Waals surface area contributed by atoms with Crippen molar-refractivity contribution in [3.05, 3.63) is 20.8 Å². The van der Waals surface area contributed by atoms with Gasteiger partial charge in [0.15, 0.2) is 0 Å². The summed E-state index contributed by atoms with van der Waals surface area (Å²) >= 11 is 1.67. The van der Waals surface area contributed by atoms with Gasteiger partial charge in [-0.2, -0.15) is 11.8 Å². The van der Waals surface area contributed by atoms with Gasteiger partial charge in [0.1, 0.15) is 0 Å². The van der Waals surface area contributed by atoms with E-state index in [-0.39, 0.29) is 11.4 Å². The van der Waals surface area contributed by atoms with Crippen LogP contribution in [0.2, 0.25) is 0 Å². The lowest BCUT2D eigenvalue weighted by Crippen LogP contribution is -2.40. The zero-order valence-corrected chi connectivity index (χ0v) is 9.80. The molecule has 1 rings (SSSR count). The smallest absolute Gasteiger partial charge is 0.346 e. The summed E-state index contributed by atoms with van der Waals surface area (Å²) < 4.78 is 2.18. The Morgan fingerprint density at radius 1 is 1.40 bits per heavy atom. The van der Waals surface area contributed by atoms with Gasteiger partial charge in [0.25, 0.3) is 5.56 Å². The Kier molecular flexibility index (Phi) is 3.96. The molecule has 1 aromatic heterocycles. The predicted octanol–water partition coefficient (Wildman–Crippen LogP) is -0.746. The van der Waals surface area contributed by atoms with E-state index in [0.29, 0.717) is 6.54 Å². The van der Waals surface area contributed by atoms with Crippen molar-refractivity contribution in [2.45, 2.75) is 0 Å². The highest BCUT2D eigenvalue weighted by molar-refractivity contribution is 7.98. The topological polar surface area (TPSA) is 68.9 Å². The first kappa shape index (κ1) is 11.8. The van der Waals surface area contributed by atoms with Gasteiger partial charge in [-0.05, 0) is 6.26 Å². The quantitative estimate of drug-likeness (QED) is 0.690. The summed E-state index contributed by atoms with van der Waals surface area (Å²) in [5.41, 5.74) is -0.811. The fourth-order valence-corrected chi connectivity index (χ4v) is 1.39. The molecule has 0 fully saturated rings. The Balaban J connectivity index is 3.00. The van der Waals surface area contributed by atoms with Crippen molar-refractivity contribution < 1.29 is 0 Å². The van der Waals surface area contributed by atoms with Crippen molar-refractivity contribution in [1.82, 2.24) is 14.3 Å². The molecular weight excluding hydrogens is 216 g/mol. The SMILES string of the molecule is CSCCNc1nn(C)c(=O)n(C)c1=O. The standard InChI is InChI=1S/C8H14N4O2S/c1-11-7(13)6(9-4-5-15-3)10-12(2)8(11)14/h4-5H2,1-3H3,(H,9,10). The van der Waals surface area contributed by atoms with Crippen LogP contribution in [0.5, 0.6) is 0 Å². The number of nitrogens with zero attached hydrogens (tertiary/aromatic N) is 3. The summed E-state index contributed by atoms with van der Waals surface area (Å²) in [6.07, 6.45) is 1.98. The van der Waals surface area contributed by atoms with Crippen LogP contribution in [0.3, 0.4) is 0 Å². The van der Waals surface area contributed by atoms with Crippen molar-refractivity contribution in [1.29, 1.82) is 0 Å². The first-order chi connectivity index (χ1) is 7.07. The molecule has 0 saturated carbocycles. The van der Waals surface area contributed by atoms with Gasteiger partial charge in [0.2, 0.25) is 5.82 Å². The molecule has 7 heteroatoms. The van der Waals surface area contributed by atoms with Gasteiger partial charge in [-0.3, -0.25) is 9.36 Å². The summed E-state index contributed by atoms with van der Waals surface area (Å²) in [6, 6.07) is 0. The number of thioether (sulfide) groups is 1. The van der Waals surface area contributed by atoms with E-state index >= 15 is 0 Å².